The van der Waals surface area contributed by atoms with Gasteiger partial charge in [-0.05, 0) is 45.1 Å². The number of H-pyrrole nitrogens is 1. The van der Waals surface area contributed by atoms with Crippen molar-refractivity contribution < 1.29 is 29.4 Å². The molecule has 2 saturated carbocycles. The van der Waals surface area contributed by atoms with Gasteiger partial charge in [0.1, 0.15) is 23.2 Å². The number of nitrogens with one attached hydrogen (secondary N) is 3. The summed E-state index contributed by atoms with van der Waals surface area (Å²) in [5.74, 6) is -1.86. The number of aliphatic hydroxyl groups excluding tert-OH is 1. The van der Waals surface area contributed by atoms with Crippen LogP contribution in [0.1, 0.15) is 113 Å². The summed E-state index contributed by atoms with van der Waals surface area (Å²) >= 11 is 0. The summed E-state index contributed by atoms with van der Waals surface area (Å²) in [6, 6.07) is 2.74. The fourth-order valence-electron chi connectivity index (χ4n) is 8.20. The number of nitrogens with two attached hydrogens (primary N) is 1. The third-order valence-electron chi connectivity index (χ3n) is 10.8. The molecule has 3 fully saturated rings. The third-order valence-corrected chi connectivity index (χ3v) is 10.8. The van der Waals surface area contributed by atoms with Gasteiger partial charge in [-0.15, -0.1) is 5.10 Å². The van der Waals surface area contributed by atoms with Crippen LogP contribution in [-0.4, -0.2) is 94.2 Å². The number of likely N-dealkylation sites (tertiary alicyclic amines) is 1. The molecule has 0 radical (unpaired) electrons. The number of benzene rings is 1. The van der Waals surface area contributed by atoms with E-state index in [1.54, 1.807) is 36.9 Å². The van der Waals surface area contributed by atoms with Crippen LogP contribution in [0.15, 0.2) is 30.6 Å². The minimum Gasteiger partial charge on any atom is -0.384 e. The van der Waals surface area contributed by atoms with Crippen molar-refractivity contribution in [1.82, 2.24) is 40.7 Å². The number of nitrogens with zero attached hydrogens (tertiary/aromatic N) is 5. The number of aromatic nitrogens is 5. The molecule has 3 heterocycles. The molecule has 6 rings (SSSR count). The molecule has 50 heavy (non-hydrogen) atoms. The number of amides is 3. The van der Waals surface area contributed by atoms with E-state index >= 15 is 0 Å². The molecule has 1 unspecified atom stereocenters. The Labute approximate surface area is 290 Å². The Morgan fingerprint density at radius 1 is 1.08 bits per heavy atom. The number of hydrogen-bond donors (Lipinski definition) is 6. The highest BCUT2D eigenvalue weighted by molar-refractivity contribution is 6.07. The van der Waals surface area contributed by atoms with Crippen LogP contribution < -0.4 is 16.4 Å². The van der Waals surface area contributed by atoms with Gasteiger partial charge in [-0.1, -0.05) is 68.7 Å². The molecule has 2 aliphatic carbocycles. The largest absolute Gasteiger partial charge is 0.384 e. The zero-order valence-corrected chi connectivity index (χ0v) is 28.8. The van der Waals surface area contributed by atoms with Crippen LogP contribution >= 0.6 is 0 Å². The first kappa shape index (κ1) is 35.6. The lowest BCUT2D eigenvalue weighted by molar-refractivity contribution is -0.144. The Hall–Kier alpha value is -4.21. The minimum atomic E-state index is -1.76. The molecule has 270 valence electrons. The van der Waals surface area contributed by atoms with Gasteiger partial charge in [0.25, 0.3) is 5.91 Å². The average molecular weight is 692 g/mol. The standard InChI is InChI=1S/C35H49N9O6/c1-34(2,50)27-19-38-42-44(27)23-17-26(32(48)40-35(29(45)30(36)46)14-7-4-8-15-35)43(20-23)33(49)25(16-21-10-5-3-6-11-21)39-31(47)24-13-9-12-22-18-37-41-28(22)24/h9,12-13,18-19,21,23,25-26,30,46,50H,3-8,10-11,14-17,20,36H2,1-2H3,(H,37,41)(H,39,47)(H,40,48)/t23-,25+,26-,30?/m0/s1. The number of carbonyl (C=O) groups excluding carboxylic acids is 4. The van der Waals surface area contributed by atoms with Crippen LogP contribution in [0.25, 0.3) is 10.9 Å². The highest BCUT2D eigenvalue weighted by Gasteiger charge is 2.49. The van der Waals surface area contributed by atoms with Gasteiger partial charge < -0.3 is 25.7 Å². The zero-order chi connectivity index (χ0) is 35.6. The molecule has 3 aromatic rings. The van der Waals surface area contributed by atoms with Crippen molar-refractivity contribution >= 4 is 34.4 Å². The number of rotatable bonds is 11. The number of hydrogen-bond acceptors (Lipinski definition) is 10. The van der Waals surface area contributed by atoms with Crippen molar-refractivity contribution in [3.8, 4) is 0 Å². The van der Waals surface area contributed by atoms with Crippen LogP contribution in [-0.2, 0) is 20.0 Å². The molecular weight excluding hydrogens is 642 g/mol. The lowest BCUT2D eigenvalue weighted by Crippen LogP contribution is -2.63. The Balaban J connectivity index is 1.34. The second kappa shape index (κ2) is 14.6. The van der Waals surface area contributed by atoms with Gasteiger partial charge in [0.15, 0.2) is 6.23 Å². The summed E-state index contributed by atoms with van der Waals surface area (Å²) in [6.45, 7) is 3.27. The highest BCUT2D eigenvalue weighted by atomic mass is 16.3. The van der Waals surface area contributed by atoms with Crippen LogP contribution in [0.5, 0.6) is 0 Å². The summed E-state index contributed by atoms with van der Waals surface area (Å²) in [4.78, 5) is 57.8. The number of para-hydroxylation sites is 1. The quantitative estimate of drug-likeness (QED) is 0.160. The van der Waals surface area contributed by atoms with Crippen LogP contribution in [0.4, 0.5) is 0 Å². The fourth-order valence-corrected chi connectivity index (χ4v) is 8.20. The summed E-state index contributed by atoms with van der Waals surface area (Å²) in [5, 5.41) is 42.9. The Morgan fingerprint density at radius 3 is 2.50 bits per heavy atom. The third kappa shape index (κ3) is 7.30. The van der Waals surface area contributed by atoms with E-state index in [1.165, 1.54) is 11.1 Å². The van der Waals surface area contributed by atoms with E-state index in [0.717, 1.165) is 43.9 Å². The van der Waals surface area contributed by atoms with Crippen molar-refractivity contribution in [2.24, 2.45) is 11.7 Å². The van der Waals surface area contributed by atoms with E-state index in [4.69, 9.17) is 5.73 Å². The maximum absolute atomic E-state index is 14.8. The molecule has 1 saturated heterocycles. The highest BCUT2D eigenvalue weighted by Crippen LogP contribution is 2.35. The molecular formula is C35H49N9O6. The monoisotopic (exact) mass is 691 g/mol. The molecule has 2 aromatic heterocycles. The van der Waals surface area contributed by atoms with Crippen molar-refractivity contribution in [2.75, 3.05) is 6.54 Å². The van der Waals surface area contributed by atoms with Crippen molar-refractivity contribution in [2.45, 2.75) is 126 Å². The van der Waals surface area contributed by atoms with Crippen LogP contribution in [0.3, 0.4) is 0 Å². The molecule has 4 atom stereocenters. The van der Waals surface area contributed by atoms with E-state index in [1.807, 2.05) is 6.07 Å². The van der Waals surface area contributed by atoms with Gasteiger partial charge in [0, 0.05) is 18.4 Å². The van der Waals surface area contributed by atoms with Gasteiger partial charge in [0.05, 0.1) is 35.2 Å². The first-order chi connectivity index (χ1) is 23.9. The average Bonchev–Trinajstić information content (AvgIpc) is 3.88. The first-order valence-corrected chi connectivity index (χ1v) is 17.8. The lowest BCUT2D eigenvalue weighted by atomic mass is 9.77. The Morgan fingerprint density at radius 2 is 1.80 bits per heavy atom. The predicted octanol–water partition coefficient (Wildman–Crippen LogP) is 1.96. The van der Waals surface area contributed by atoms with Gasteiger partial charge >= 0.3 is 0 Å². The Kier molecular flexibility index (Phi) is 10.4. The summed E-state index contributed by atoms with van der Waals surface area (Å²) in [7, 11) is 0. The number of ketones is 1. The molecule has 1 aromatic carbocycles. The van der Waals surface area contributed by atoms with E-state index in [-0.39, 0.29) is 18.9 Å². The van der Waals surface area contributed by atoms with Gasteiger partial charge in [-0.2, -0.15) is 5.10 Å². The second-order valence-corrected chi connectivity index (χ2v) is 14.9. The number of aliphatic hydroxyl groups is 2. The molecule has 7 N–H and O–H groups in total. The van der Waals surface area contributed by atoms with Crippen molar-refractivity contribution in [3.05, 3.63) is 41.9 Å². The van der Waals surface area contributed by atoms with Gasteiger partial charge in [0.2, 0.25) is 17.6 Å². The molecule has 1 aliphatic heterocycles. The number of carbonyl (C=O) groups is 4. The van der Waals surface area contributed by atoms with Crippen molar-refractivity contribution in [3.63, 3.8) is 0 Å². The lowest BCUT2D eigenvalue weighted by Gasteiger charge is -2.39. The van der Waals surface area contributed by atoms with E-state index in [9.17, 15) is 29.4 Å². The predicted molar refractivity (Wildman–Crippen MR) is 182 cm³/mol. The molecule has 15 nitrogen and oxygen atoms in total. The topological polar surface area (TPSA) is 221 Å². The van der Waals surface area contributed by atoms with Crippen molar-refractivity contribution in [1.29, 1.82) is 0 Å². The number of Topliss-reactive ketones (excluding diaryl/α,β-unsaturated/α-hetero) is 1. The maximum Gasteiger partial charge on any atom is 0.254 e. The molecule has 0 spiro atoms. The second-order valence-electron chi connectivity index (χ2n) is 14.9. The zero-order valence-electron chi connectivity index (χ0n) is 28.8. The van der Waals surface area contributed by atoms with Gasteiger partial charge in [-0.25, -0.2) is 4.68 Å². The number of fused-ring (bicyclic) bond motifs is 1. The van der Waals surface area contributed by atoms with E-state index in [0.29, 0.717) is 48.9 Å². The number of aromatic amines is 1. The molecule has 0 bridgehead atoms. The fraction of sp³-hybridized carbons (Fsp3) is 0.629. The van der Waals surface area contributed by atoms with E-state index in [2.05, 4.69) is 31.1 Å². The van der Waals surface area contributed by atoms with Crippen LogP contribution in [0.2, 0.25) is 0 Å². The summed E-state index contributed by atoms with van der Waals surface area (Å²) < 4.78 is 1.55. The van der Waals surface area contributed by atoms with Gasteiger partial charge in [-0.3, -0.25) is 30.0 Å². The molecule has 15 heteroatoms. The Bertz CT molecular complexity index is 1700. The summed E-state index contributed by atoms with van der Waals surface area (Å²) in [5.41, 5.74) is 4.31. The first-order valence-electron chi connectivity index (χ1n) is 17.8. The van der Waals surface area contributed by atoms with Crippen LogP contribution in [0, 0.1) is 5.92 Å². The maximum atomic E-state index is 14.8. The molecule has 3 amide bonds. The smallest absolute Gasteiger partial charge is 0.254 e. The normalized spacial score (nSPS) is 22.6. The van der Waals surface area contributed by atoms with E-state index < -0.39 is 59.0 Å². The minimum absolute atomic E-state index is 0.0526. The SMILES string of the molecule is CC(C)(O)c1cnnn1[C@H]1C[C@@H](C(=O)NC2(C(=O)C(N)O)CCCCC2)N(C(=O)[C@@H](CC2CCCCC2)NC(=O)c2cccc3cn[nH]c23)C1. The molecule has 3 aliphatic rings. The summed E-state index contributed by atoms with van der Waals surface area (Å²) in [6.07, 6.45) is 9.77.